The van der Waals surface area contributed by atoms with Crippen LogP contribution < -0.4 is 5.56 Å². The monoisotopic (exact) mass is 241 g/mol. The van der Waals surface area contributed by atoms with Crippen LogP contribution in [0.3, 0.4) is 0 Å². The van der Waals surface area contributed by atoms with Gasteiger partial charge in [-0.2, -0.15) is 13.2 Å². The molecule has 1 heterocycles. The summed E-state index contributed by atoms with van der Waals surface area (Å²) in [4.78, 5) is 13.6. The van der Waals surface area contributed by atoms with E-state index in [9.17, 15) is 18.0 Å². The highest BCUT2D eigenvalue weighted by Gasteiger charge is 2.33. The highest BCUT2D eigenvalue weighted by atomic mass is 19.4. The van der Waals surface area contributed by atoms with Crippen LogP contribution in [0.5, 0.6) is 0 Å². The SMILES string of the molecule is Cc1cc(C)c2c(C(F)(F)F)cc(=O)[nH]c2c1. The number of hydrogen-bond acceptors (Lipinski definition) is 1. The lowest BCUT2D eigenvalue weighted by Gasteiger charge is -2.12. The van der Waals surface area contributed by atoms with Crippen LogP contribution in [-0.4, -0.2) is 4.98 Å². The summed E-state index contributed by atoms with van der Waals surface area (Å²) in [6, 6.07) is 3.81. The summed E-state index contributed by atoms with van der Waals surface area (Å²) < 4.78 is 38.5. The molecule has 2 aromatic rings. The first kappa shape index (κ1) is 11.7. The molecule has 0 saturated heterocycles. The number of benzene rings is 1. The molecule has 0 aliphatic carbocycles. The van der Waals surface area contributed by atoms with Crippen LogP contribution >= 0.6 is 0 Å². The molecular weight excluding hydrogens is 231 g/mol. The van der Waals surface area contributed by atoms with Crippen molar-refractivity contribution >= 4 is 10.9 Å². The highest BCUT2D eigenvalue weighted by Crippen LogP contribution is 2.34. The van der Waals surface area contributed by atoms with Gasteiger partial charge >= 0.3 is 6.18 Å². The summed E-state index contributed by atoms with van der Waals surface area (Å²) in [6.07, 6.45) is -4.52. The summed E-state index contributed by atoms with van der Waals surface area (Å²) in [5.74, 6) is 0. The molecule has 0 amide bonds. The smallest absolute Gasteiger partial charge is 0.322 e. The van der Waals surface area contributed by atoms with Gasteiger partial charge in [0, 0.05) is 17.0 Å². The van der Waals surface area contributed by atoms with Crippen molar-refractivity contribution in [2.24, 2.45) is 0 Å². The summed E-state index contributed by atoms with van der Waals surface area (Å²) >= 11 is 0. The van der Waals surface area contributed by atoms with Crippen molar-refractivity contribution in [3.05, 3.63) is 45.2 Å². The number of aromatic amines is 1. The maximum Gasteiger partial charge on any atom is 0.417 e. The number of aryl methyl sites for hydroxylation is 2. The molecule has 0 saturated carbocycles. The molecular formula is C12H10F3NO. The molecule has 5 heteroatoms. The molecule has 0 spiro atoms. The Morgan fingerprint density at radius 1 is 1.12 bits per heavy atom. The Labute approximate surface area is 95.1 Å². The third-order valence-electron chi connectivity index (χ3n) is 2.59. The first-order valence-electron chi connectivity index (χ1n) is 5.00. The number of hydrogen-bond donors (Lipinski definition) is 1. The predicted molar refractivity (Wildman–Crippen MR) is 59.0 cm³/mol. The van der Waals surface area contributed by atoms with Crippen molar-refractivity contribution in [2.45, 2.75) is 20.0 Å². The van der Waals surface area contributed by atoms with Gasteiger partial charge in [0.25, 0.3) is 0 Å². The van der Waals surface area contributed by atoms with Crippen molar-refractivity contribution in [1.82, 2.24) is 4.98 Å². The van der Waals surface area contributed by atoms with E-state index in [0.717, 1.165) is 5.56 Å². The fourth-order valence-corrected chi connectivity index (χ4v) is 2.02. The Hall–Kier alpha value is -1.78. The van der Waals surface area contributed by atoms with Gasteiger partial charge in [-0.15, -0.1) is 0 Å². The highest BCUT2D eigenvalue weighted by molar-refractivity contribution is 5.86. The van der Waals surface area contributed by atoms with Crippen LogP contribution in [0.15, 0.2) is 23.0 Å². The molecule has 0 aliphatic rings. The fraction of sp³-hybridized carbons (Fsp3) is 0.250. The summed E-state index contributed by atoms with van der Waals surface area (Å²) in [6.45, 7) is 3.37. The summed E-state index contributed by atoms with van der Waals surface area (Å²) in [5.41, 5.74) is -0.0838. The third kappa shape index (κ3) is 2.05. The van der Waals surface area contributed by atoms with E-state index in [4.69, 9.17) is 0 Å². The van der Waals surface area contributed by atoms with Gasteiger partial charge < -0.3 is 4.98 Å². The van der Waals surface area contributed by atoms with Crippen LogP contribution in [0, 0.1) is 13.8 Å². The minimum Gasteiger partial charge on any atom is -0.322 e. The normalized spacial score (nSPS) is 12.1. The second kappa shape index (κ2) is 3.61. The molecule has 0 bridgehead atoms. The van der Waals surface area contributed by atoms with E-state index in [2.05, 4.69) is 4.98 Å². The Bertz CT molecular complexity index is 640. The molecule has 0 fully saturated rings. The summed E-state index contributed by atoms with van der Waals surface area (Å²) in [7, 11) is 0. The maximum absolute atomic E-state index is 12.8. The van der Waals surface area contributed by atoms with Crippen molar-refractivity contribution in [1.29, 1.82) is 0 Å². The number of nitrogens with one attached hydrogen (secondary N) is 1. The van der Waals surface area contributed by atoms with Crippen LogP contribution in [-0.2, 0) is 6.18 Å². The van der Waals surface area contributed by atoms with E-state index < -0.39 is 17.3 Å². The molecule has 1 aromatic heterocycles. The number of H-pyrrole nitrogens is 1. The number of alkyl halides is 3. The van der Waals surface area contributed by atoms with Crippen LogP contribution in [0.1, 0.15) is 16.7 Å². The van der Waals surface area contributed by atoms with Crippen molar-refractivity contribution < 1.29 is 13.2 Å². The van der Waals surface area contributed by atoms with Gasteiger partial charge in [0.1, 0.15) is 0 Å². The van der Waals surface area contributed by atoms with Gasteiger partial charge in [-0.05, 0) is 31.0 Å². The Morgan fingerprint density at radius 3 is 2.35 bits per heavy atom. The maximum atomic E-state index is 12.8. The zero-order chi connectivity index (χ0) is 12.8. The van der Waals surface area contributed by atoms with E-state index in [1.807, 2.05) is 0 Å². The number of fused-ring (bicyclic) bond motifs is 1. The topological polar surface area (TPSA) is 32.9 Å². The lowest BCUT2D eigenvalue weighted by atomic mass is 10.0. The van der Waals surface area contributed by atoms with Crippen molar-refractivity contribution in [3.63, 3.8) is 0 Å². The molecule has 17 heavy (non-hydrogen) atoms. The second-order valence-corrected chi connectivity index (χ2v) is 4.05. The molecule has 90 valence electrons. The standard InChI is InChI=1S/C12H10F3NO/c1-6-3-7(2)11-8(12(13,14)15)5-10(17)16-9(11)4-6/h3-5H,1-2H3,(H,16,17). The molecule has 0 atom stereocenters. The molecule has 0 unspecified atom stereocenters. The number of halogens is 3. The molecule has 2 nitrogen and oxygen atoms in total. The van der Waals surface area contributed by atoms with Gasteiger partial charge in [0.15, 0.2) is 0 Å². The first-order valence-corrected chi connectivity index (χ1v) is 5.00. The van der Waals surface area contributed by atoms with Crippen LogP contribution in [0.2, 0.25) is 0 Å². The Balaban J connectivity index is 2.98. The van der Waals surface area contributed by atoms with E-state index in [0.29, 0.717) is 11.6 Å². The zero-order valence-corrected chi connectivity index (χ0v) is 9.27. The largest absolute Gasteiger partial charge is 0.417 e. The minimum atomic E-state index is -4.52. The fourth-order valence-electron chi connectivity index (χ4n) is 2.02. The number of rotatable bonds is 0. The average molecular weight is 241 g/mol. The molecule has 1 aromatic carbocycles. The van der Waals surface area contributed by atoms with Gasteiger partial charge in [-0.25, -0.2) is 0 Å². The van der Waals surface area contributed by atoms with Gasteiger partial charge in [0.05, 0.1) is 5.56 Å². The zero-order valence-electron chi connectivity index (χ0n) is 9.27. The quantitative estimate of drug-likeness (QED) is 0.755. The van der Waals surface area contributed by atoms with Gasteiger partial charge in [-0.1, -0.05) is 6.07 Å². The Morgan fingerprint density at radius 2 is 1.76 bits per heavy atom. The van der Waals surface area contributed by atoms with E-state index in [-0.39, 0.29) is 10.9 Å². The first-order chi connectivity index (χ1) is 7.79. The predicted octanol–water partition coefficient (Wildman–Crippen LogP) is 3.16. The second-order valence-electron chi connectivity index (χ2n) is 4.05. The number of aromatic nitrogens is 1. The van der Waals surface area contributed by atoms with Crippen LogP contribution in [0.25, 0.3) is 10.9 Å². The summed E-state index contributed by atoms with van der Waals surface area (Å²) in [5, 5.41) is 0.0581. The van der Waals surface area contributed by atoms with Crippen molar-refractivity contribution in [2.75, 3.05) is 0 Å². The molecule has 1 N–H and O–H groups in total. The third-order valence-corrected chi connectivity index (χ3v) is 2.59. The average Bonchev–Trinajstić information content (AvgIpc) is 2.13. The van der Waals surface area contributed by atoms with E-state index >= 15 is 0 Å². The van der Waals surface area contributed by atoms with Gasteiger partial charge in [0.2, 0.25) is 5.56 Å². The van der Waals surface area contributed by atoms with Crippen LogP contribution in [0.4, 0.5) is 13.2 Å². The molecule has 2 rings (SSSR count). The minimum absolute atomic E-state index is 0.0581. The van der Waals surface area contributed by atoms with E-state index in [1.165, 1.54) is 0 Å². The lowest BCUT2D eigenvalue weighted by molar-refractivity contribution is -0.136. The van der Waals surface area contributed by atoms with Crippen molar-refractivity contribution in [3.8, 4) is 0 Å². The number of pyridine rings is 1. The molecule has 0 aliphatic heterocycles. The van der Waals surface area contributed by atoms with E-state index in [1.54, 1.807) is 26.0 Å². The Kier molecular flexibility index (Phi) is 2.49. The van der Waals surface area contributed by atoms with Gasteiger partial charge in [-0.3, -0.25) is 4.79 Å². The molecule has 0 radical (unpaired) electrons. The lowest BCUT2D eigenvalue weighted by Crippen LogP contribution is -2.14.